The lowest BCUT2D eigenvalue weighted by atomic mass is 10.1. The Bertz CT molecular complexity index is 681. The molecular formula is C16H14F2O2S. The van der Waals surface area contributed by atoms with Crippen molar-refractivity contribution >= 4 is 16.6 Å². The summed E-state index contributed by atoms with van der Waals surface area (Å²) in [4.78, 5) is 11.7. The molecule has 2 aromatic rings. The van der Waals surface area contributed by atoms with Crippen molar-refractivity contribution in [3.8, 4) is 0 Å². The average Bonchev–Trinajstić information content (AvgIpc) is 2.49. The summed E-state index contributed by atoms with van der Waals surface area (Å²) < 4.78 is 38.6. The van der Waals surface area contributed by atoms with E-state index in [1.807, 2.05) is 19.1 Å². The van der Waals surface area contributed by atoms with Gasteiger partial charge in [-0.25, -0.2) is 8.78 Å². The van der Waals surface area contributed by atoms with E-state index in [1.54, 1.807) is 12.1 Å². The fourth-order valence-corrected chi connectivity index (χ4v) is 2.95. The van der Waals surface area contributed by atoms with Crippen LogP contribution in [-0.4, -0.2) is 15.7 Å². The van der Waals surface area contributed by atoms with Crippen molar-refractivity contribution in [2.45, 2.75) is 18.2 Å². The molecule has 0 aliphatic carbocycles. The third kappa shape index (κ3) is 3.82. The van der Waals surface area contributed by atoms with Crippen molar-refractivity contribution in [3.05, 3.63) is 65.2 Å². The number of halogens is 2. The van der Waals surface area contributed by atoms with Gasteiger partial charge in [0.05, 0.1) is 21.4 Å². The first-order valence-electron chi connectivity index (χ1n) is 6.47. The zero-order valence-corrected chi connectivity index (χ0v) is 12.3. The molecular weight excluding hydrogens is 294 g/mol. The van der Waals surface area contributed by atoms with Crippen molar-refractivity contribution in [1.29, 1.82) is 0 Å². The Labute approximate surface area is 124 Å². The Morgan fingerprint density at radius 3 is 2.38 bits per heavy atom. The largest absolute Gasteiger partial charge is 0.293 e. The Morgan fingerprint density at radius 1 is 1.10 bits per heavy atom. The predicted octanol–water partition coefficient (Wildman–Crippen LogP) is 3.52. The van der Waals surface area contributed by atoms with E-state index in [1.165, 1.54) is 0 Å². The van der Waals surface area contributed by atoms with Gasteiger partial charge in [-0.1, -0.05) is 31.2 Å². The van der Waals surface area contributed by atoms with Crippen molar-refractivity contribution < 1.29 is 17.8 Å². The summed E-state index contributed by atoms with van der Waals surface area (Å²) in [7, 11) is -1.91. The number of rotatable bonds is 5. The molecule has 0 saturated heterocycles. The van der Waals surface area contributed by atoms with E-state index in [2.05, 4.69) is 0 Å². The number of benzene rings is 2. The van der Waals surface area contributed by atoms with Gasteiger partial charge in [0.2, 0.25) is 0 Å². The molecule has 0 fully saturated rings. The molecule has 2 aromatic carbocycles. The van der Waals surface area contributed by atoms with E-state index in [9.17, 15) is 17.8 Å². The number of Topliss-reactive ketones (excluding diaryl/α,β-unsaturated/α-hetero) is 1. The number of aryl methyl sites for hydroxylation is 1. The Kier molecular flexibility index (Phi) is 4.96. The quantitative estimate of drug-likeness (QED) is 0.792. The van der Waals surface area contributed by atoms with Crippen molar-refractivity contribution in [3.63, 3.8) is 0 Å². The van der Waals surface area contributed by atoms with Crippen molar-refractivity contribution in [2.24, 2.45) is 0 Å². The Balaban J connectivity index is 2.14. The van der Waals surface area contributed by atoms with Crippen LogP contribution < -0.4 is 0 Å². The fourth-order valence-electron chi connectivity index (χ4n) is 1.86. The second-order valence-corrected chi connectivity index (χ2v) is 5.96. The highest BCUT2D eigenvalue weighted by atomic mass is 32.2. The van der Waals surface area contributed by atoms with E-state index in [0.717, 1.165) is 30.2 Å². The second-order valence-electron chi connectivity index (χ2n) is 4.54. The fraction of sp³-hybridized carbons (Fsp3) is 0.188. The highest BCUT2D eigenvalue weighted by Gasteiger charge is 2.16. The maximum absolute atomic E-state index is 13.5. The van der Waals surface area contributed by atoms with Crippen LogP contribution in [0.4, 0.5) is 8.78 Å². The van der Waals surface area contributed by atoms with E-state index in [-0.39, 0.29) is 16.4 Å². The SMILES string of the molecule is CCc1ccc(C(=O)CS(=O)c2cc(F)ccc2F)cc1. The summed E-state index contributed by atoms with van der Waals surface area (Å²) in [6, 6.07) is 9.65. The highest BCUT2D eigenvalue weighted by Crippen LogP contribution is 2.15. The number of ketones is 1. The monoisotopic (exact) mass is 308 g/mol. The Hall–Kier alpha value is -1.88. The molecule has 0 heterocycles. The van der Waals surface area contributed by atoms with Gasteiger partial charge in [-0.3, -0.25) is 9.00 Å². The van der Waals surface area contributed by atoms with Gasteiger partial charge in [-0.2, -0.15) is 0 Å². The first-order valence-corrected chi connectivity index (χ1v) is 7.78. The summed E-state index contributed by atoms with van der Waals surface area (Å²) >= 11 is 0. The zero-order valence-electron chi connectivity index (χ0n) is 11.4. The van der Waals surface area contributed by atoms with Crippen LogP contribution >= 0.6 is 0 Å². The lowest BCUT2D eigenvalue weighted by Crippen LogP contribution is -2.12. The number of carbonyl (C=O) groups excluding carboxylic acids is 1. The first kappa shape index (κ1) is 15.5. The van der Waals surface area contributed by atoms with Crippen molar-refractivity contribution in [2.75, 3.05) is 5.75 Å². The molecule has 0 aliphatic heterocycles. The average molecular weight is 308 g/mol. The van der Waals surface area contributed by atoms with Gasteiger partial charge >= 0.3 is 0 Å². The van der Waals surface area contributed by atoms with Crippen LogP contribution in [0.25, 0.3) is 0 Å². The van der Waals surface area contributed by atoms with Crippen LogP contribution in [-0.2, 0) is 17.2 Å². The minimum atomic E-state index is -1.91. The normalized spacial score (nSPS) is 12.1. The van der Waals surface area contributed by atoms with Crippen molar-refractivity contribution in [1.82, 2.24) is 0 Å². The predicted molar refractivity (Wildman–Crippen MR) is 77.8 cm³/mol. The Morgan fingerprint density at radius 2 is 1.76 bits per heavy atom. The smallest absolute Gasteiger partial charge is 0.175 e. The standard InChI is InChI=1S/C16H14F2O2S/c1-2-11-3-5-12(6-4-11)15(19)10-21(20)16-9-13(17)7-8-14(16)18/h3-9H,2,10H2,1H3. The van der Waals surface area contributed by atoms with E-state index >= 15 is 0 Å². The zero-order chi connectivity index (χ0) is 15.4. The maximum atomic E-state index is 13.5. The van der Waals surface area contributed by atoms with Gasteiger partial charge in [0, 0.05) is 5.56 Å². The summed E-state index contributed by atoms with van der Waals surface area (Å²) in [6.45, 7) is 2.00. The number of carbonyl (C=O) groups is 1. The van der Waals surface area contributed by atoms with Crippen LogP contribution in [0.15, 0.2) is 47.4 Å². The lowest BCUT2D eigenvalue weighted by molar-refractivity contribution is 0.102. The van der Waals surface area contributed by atoms with Crippen LogP contribution in [0.5, 0.6) is 0 Å². The molecule has 0 aliphatic rings. The molecule has 2 rings (SSSR count). The van der Waals surface area contributed by atoms with Gasteiger partial charge in [-0.05, 0) is 30.2 Å². The van der Waals surface area contributed by atoms with Gasteiger partial charge in [-0.15, -0.1) is 0 Å². The van der Waals surface area contributed by atoms with Gasteiger partial charge < -0.3 is 0 Å². The van der Waals surface area contributed by atoms with Gasteiger partial charge in [0.15, 0.2) is 5.78 Å². The molecule has 0 amide bonds. The molecule has 1 atom stereocenters. The van der Waals surface area contributed by atoms with Crippen LogP contribution in [0.3, 0.4) is 0 Å². The summed E-state index contributed by atoms with van der Waals surface area (Å²) in [6.07, 6.45) is 0.856. The van der Waals surface area contributed by atoms with Crippen LogP contribution in [0.1, 0.15) is 22.8 Å². The van der Waals surface area contributed by atoms with E-state index in [4.69, 9.17) is 0 Å². The molecule has 0 N–H and O–H groups in total. The minimum Gasteiger partial charge on any atom is -0.293 e. The first-order chi connectivity index (χ1) is 10.0. The summed E-state index contributed by atoms with van der Waals surface area (Å²) in [5, 5.41) is 0. The van der Waals surface area contributed by atoms with Crippen LogP contribution in [0.2, 0.25) is 0 Å². The van der Waals surface area contributed by atoms with Gasteiger partial charge in [0.25, 0.3) is 0 Å². The molecule has 1 unspecified atom stereocenters. The maximum Gasteiger partial charge on any atom is 0.175 e. The molecule has 21 heavy (non-hydrogen) atoms. The van der Waals surface area contributed by atoms with Crippen LogP contribution in [0, 0.1) is 11.6 Å². The molecule has 0 saturated carbocycles. The van der Waals surface area contributed by atoms with E-state index < -0.39 is 22.4 Å². The third-order valence-corrected chi connectivity index (χ3v) is 4.41. The highest BCUT2D eigenvalue weighted by molar-refractivity contribution is 7.85. The molecule has 0 aromatic heterocycles. The molecule has 0 bridgehead atoms. The minimum absolute atomic E-state index is 0.284. The van der Waals surface area contributed by atoms with E-state index in [0.29, 0.717) is 5.56 Å². The molecule has 110 valence electrons. The second kappa shape index (κ2) is 6.72. The number of hydrogen-bond acceptors (Lipinski definition) is 2. The van der Waals surface area contributed by atoms with Gasteiger partial charge in [0.1, 0.15) is 11.6 Å². The summed E-state index contributed by atoms with van der Waals surface area (Å²) in [5.74, 6) is -2.19. The topological polar surface area (TPSA) is 34.1 Å². The molecule has 0 spiro atoms. The molecule has 0 radical (unpaired) electrons. The molecule has 2 nitrogen and oxygen atoms in total. The molecule has 5 heteroatoms. The summed E-state index contributed by atoms with van der Waals surface area (Å²) in [5.41, 5.74) is 1.50. The lowest BCUT2D eigenvalue weighted by Gasteiger charge is -2.05. The number of hydrogen-bond donors (Lipinski definition) is 0. The third-order valence-electron chi connectivity index (χ3n) is 3.08.